The van der Waals surface area contributed by atoms with Gasteiger partial charge >= 0.3 is 0 Å². The molecule has 0 amide bonds. The predicted molar refractivity (Wildman–Crippen MR) is 103 cm³/mol. The molecule has 2 aliphatic rings. The molecule has 1 atom stereocenters. The lowest BCUT2D eigenvalue weighted by atomic mass is 10.1. The van der Waals surface area contributed by atoms with Crippen LogP contribution in [-0.4, -0.2) is 50.5 Å². The zero-order valence-electron chi connectivity index (χ0n) is 14.7. The fraction of sp³-hybridized carbons (Fsp3) is 0.474. The zero-order chi connectivity index (χ0) is 18.0. The van der Waals surface area contributed by atoms with Crippen LogP contribution < -0.4 is 0 Å². The summed E-state index contributed by atoms with van der Waals surface area (Å²) in [6.45, 7) is 3.64. The van der Waals surface area contributed by atoms with Gasteiger partial charge in [0.25, 0.3) is 0 Å². The SMILES string of the molecule is O=S(=O)(c1cccc(CN2CCCC2c2cccs2)c1)N1CCOCC1. The zero-order valence-corrected chi connectivity index (χ0v) is 16.3. The molecule has 3 heterocycles. The average Bonchev–Trinajstić information content (AvgIpc) is 3.34. The summed E-state index contributed by atoms with van der Waals surface area (Å²) >= 11 is 1.80. The van der Waals surface area contributed by atoms with Gasteiger partial charge in [0, 0.05) is 30.6 Å². The van der Waals surface area contributed by atoms with E-state index in [9.17, 15) is 8.42 Å². The molecule has 4 rings (SSSR count). The average molecular weight is 393 g/mol. The standard InChI is InChI=1S/C19H24N2O3S2/c22-26(23,21-9-11-24-12-10-21)17-5-1-4-16(14-17)15-20-8-2-6-18(20)19-7-3-13-25-19/h1,3-5,7,13-14,18H,2,6,8-12,15H2. The van der Waals surface area contributed by atoms with E-state index in [0.29, 0.717) is 37.2 Å². The Morgan fingerprint density at radius 2 is 1.96 bits per heavy atom. The number of nitrogens with zero attached hydrogens (tertiary/aromatic N) is 2. The molecular formula is C19H24N2O3S2. The van der Waals surface area contributed by atoms with Crippen LogP contribution in [0.1, 0.15) is 29.3 Å². The van der Waals surface area contributed by atoms with Gasteiger partial charge in [-0.25, -0.2) is 8.42 Å². The summed E-state index contributed by atoms with van der Waals surface area (Å²) in [6, 6.07) is 12.2. The second kappa shape index (κ2) is 7.78. The number of morpholine rings is 1. The van der Waals surface area contributed by atoms with E-state index in [1.807, 2.05) is 18.2 Å². The molecule has 0 bridgehead atoms. The third-order valence-corrected chi connectivity index (χ3v) is 8.00. The lowest BCUT2D eigenvalue weighted by Crippen LogP contribution is -2.40. The van der Waals surface area contributed by atoms with Gasteiger partial charge in [-0.05, 0) is 48.5 Å². The summed E-state index contributed by atoms with van der Waals surface area (Å²) in [5, 5.41) is 2.13. The molecule has 0 radical (unpaired) electrons. The first-order valence-corrected chi connectivity index (χ1v) is 11.4. The molecule has 2 saturated heterocycles. The van der Waals surface area contributed by atoms with Gasteiger partial charge < -0.3 is 4.74 Å². The summed E-state index contributed by atoms with van der Waals surface area (Å²) in [4.78, 5) is 4.26. The normalized spacial score (nSPS) is 22.7. The van der Waals surface area contributed by atoms with Crippen molar-refractivity contribution in [2.45, 2.75) is 30.3 Å². The number of thiophene rings is 1. The maximum Gasteiger partial charge on any atom is 0.243 e. The Labute approximate surface area is 159 Å². The minimum absolute atomic E-state index is 0.392. The maximum atomic E-state index is 12.9. The van der Waals surface area contributed by atoms with Gasteiger partial charge in [0.15, 0.2) is 0 Å². The lowest BCUT2D eigenvalue weighted by molar-refractivity contribution is 0.0730. The minimum Gasteiger partial charge on any atom is -0.379 e. The molecule has 0 saturated carbocycles. The Bertz CT molecular complexity index is 830. The van der Waals surface area contributed by atoms with E-state index in [4.69, 9.17) is 4.74 Å². The topological polar surface area (TPSA) is 49.9 Å². The van der Waals surface area contributed by atoms with E-state index < -0.39 is 10.0 Å². The number of sulfonamides is 1. The van der Waals surface area contributed by atoms with Crippen molar-refractivity contribution in [3.05, 3.63) is 52.2 Å². The molecule has 26 heavy (non-hydrogen) atoms. The van der Waals surface area contributed by atoms with Gasteiger partial charge in [-0.1, -0.05) is 18.2 Å². The van der Waals surface area contributed by atoms with Crippen LogP contribution in [0.25, 0.3) is 0 Å². The highest BCUT2D eigenvalue weighted by atomic mass is 32.2. The van der Waals surface area contributed by atoms with Gasteiger partial charge in [0.05, 0.1) is 18.1 Å². The van der Waals surface area contributed by atoms with Crippen molar-refractivity contribution in [3.63, 3.8) is 0 Å². The molecule has 1 aromatic carbocycles. The van der Waals surface area contributed by atoms with E-state index in [-0.39, 0.29) is 0 Å². The fourth-order valence-corrected chi connectivity index (χ4v) is 6.17. The Morgan fingerprint density at radius 1 is 1.12 bits per heavy atom. The van der Waals surface area contributed by atoms with Gasteiger partial charge in [0.2, 0.25) is 10.0 Å². The first kappa shape index (κ1) is 18.1. The smallest absolute Gasteiger partial charge is 0.243 e. The van der Waals surface area contributed by atoms with E-state index >= 15 is 0 Å². The van der Waals surface area contributed by atoms with Crippen molar-refractivity contribution in [2.24, 2.45) is 0 Å². The van der Waals surface area contributed by atoms with Crippen LogP contribution >= 0.6 is 11.3 Å². The minimum atomic E-state index is -3.44. The van der Waals surface area contributed by atoms with Gasteiger partial charge in [-0.15, -0.1) is 11.3 Å². The predicted octanol–water partition coefficient (Wildman–Crippen LogP) is 3.11. The van der Waals surface area contributed by atoms with Crippen molar-refractivity contribution in [2.75, 3.05) is 32.8 Å². The summed E-state index contributed by atoms with van der Waals surface area (Å²) in [5.74, 6) is 0. The molecule has 0 N–H and O–H groups in total. The van der Waals surface area contributed by atoms with Crippen LogP contribution in [0, 0.1) is 0 Å². The summed E-state index contributed by atoms with van der Waals surface area (Å²) < 4.78 is 32.6. The number of rotatable bonds is 5. The van der Waals surface area contributed by atoms with Crippen molar-refractivity contribution >= 4 is 21.4 Å². The number of benzene rings is 1. The second-order valence-electron chi connectivity index (χ2n) is 6.81. The van der Waals surface area contributed by atoms with Crippen molar-refractivity contribution in [1.29, 1.82) is 0 Å². The fourth-order valence-electron chi connectivity index (χ4n) is 3.79. The van der Waals surface area contributed by atoms with E-state index in [1.165, 1.54) is 22.0 Å². The molecule has 1 aromatic heterocycles. The molecule has 140 valence electrons. The highest BCUT2D eigenvalue weighted by Crippen LogP contribution is 2.35. The Hall–Kier alpha value is -1.25. The number of ether oxygens (including phenoxy) is 1. The molecule has 0 spiro atoms. The van der Waals surface area contributed by atoms with Crippen LogP contribution in [0.4, 0.5) is 0 Å². The van der Waals surface area contributed by atoms with Gasteiger partial charge in [0.1, 0.15) is 0 Å². The third-order valence-electron chi connectivity index (χ3n) is 5.13. The largest absolute Gasteiger partial charge is 0.379 e. The first-order valence-electron chi connectivity index (χ1n) is 9.09. The van der Waals surface area contributed by atoms with Crippen LogP contribution in [0.15, 0.2) is 46.7 Å². The summed E-state index contributed by atoms with van der Waals surface area (Å²) in [7, 11) is -3.44. The molecule has 7 heteroatoms. The maximum absolute atomic E-state index is 12.9. The van der Waals surface area contributed by atoms with Crippen LogP contribution in [-0.2, 0) is 21.3 Å². The van der Waals surface area contributed by atoms with E-state index in [0.717, 1.165) is 18.7 Å². The molecule has 5 nitrogen and oxygen atoms in total. The van der Waals surface area contributed by atoms with Crippen LogP contribution in [0.2, 0.25) is 0 Å². The quantitative estimate of drug-likeness (QED) is 0.785. The molecule has 0 aliphatic carbocycles. The molecular weight excluding hydrogens is 368 g/mol. The van der Waals surface area contributed by atoms with Crippen molar-refractivity contribution < 1.29 is 13.2 Å². The molecule has 1 unspecified atom stereocenters. The van der Waals surface area contributed by atoms with E-state index in [2.05, 4.69) is 22.4 Å². The van der Waals surface area contributed by atoms with Crippen molar-refractivity contribution in [1.82, 2.24) is 9.21 Å². The lowest BCUT2D eigenvalue weighted by Gasteiger charge is -2.27. The monoisotopic (exact) mass is 392 g/mol. The summed E-state index contributed by atoms with van der Waals surface area (Å²) in [5.41, 5.74) is 1.06. The Balaban J connectivity index is 1.52. The second-order valence-corrected chi connectivity index (χ2v) is 9.72. The third kappa shape index (κ3) is 3.73. The molecule has 2 fully saturated rings. The van der Waals surface area contributed by atoms with Crippen molar-refractivity contribution in [3.8, 4) is 0 Å². The summed E-state index contributed by atoms with van der Waals surface area (Å²) in [6.07, 6.45) is 2.36. The number of hydrogen-bond donors (Lipinski definition) is 0. The highest BCUT2D eigenvalue weighted by Gasteiger charge is 2.28. The van der Waals surface area contributed by atoms with Crippen LogP contribution in [0.3, 0.4) is 0 Å². The van der Waals surface area contributed by atoms with Crippen LogP contribution in [0.5, 0.6) is 0 Å². The molecule has 2 aliphatic heterocycles. The number of likely N-dealkylation sites (tertiary alicyclic amines) is 1. The van der Waals surface area contributed by atoms with Gasteiger partial charge in [-0.2, -0.15) is 4.31 Å². The number of hydrogen-bond acceptors (Lipinski definition) is 5. The molecule has 2 aromatic rings. The first-order chi connectivity index (χ1) is 12.6. The Morgan fingerprint density at radius 3 is 2.73 bits per heavy atom. The van der Waals surface area contributed by atoms with E-state index in [1.54, 1.807) is 17.4 Å². The highest BCUT2D eigenvalue weighted by molar-refractivity contribution is 7.89. The Kier molecular flexibility index (Phi) is 5.42. The van der Waals surface area contributed by atoms with Gasteiger partial charge in [-0.3, -0.25) is 4.90 Å².